The number of carbonyl (C=O) groups is 3. The number of esters is 3. The van der Waals surface area contributed by atoms with Crippen molar-refractivity contribution in [1.82, 2.24) is 0 Å². The molecule has 0 rings (SSSR count). The highest BCUT2D eigenvalue weighted by atomic mass is 16.6. The number of allylic oxidation sites excluding steroid dienone is 20. The minimum atomic E-state index is -0.825. The van der Waals surface area contributed by atoms with Crippen LogP contribution in [-0.2, 0) is 28.6 Å². The molecule has 378 valence electrons. The minimum Gasteiger partial charge on any atom is -0.462 e. The van der Waals surface area contributed by atoms with Gasteiger partial charge >= 0.3 is 17.9 Å². The molecule has 0 saturated heterocycles. The van der Waals surface area contributed by atoms with Crippen molar-refractivity contribution in [2.45, 2.75) is 232 Å². The van der Waals surface area contributed by atoms with Gasteiger partial charge in [-0.2, -0.15) is 0 Å². The summed E-state index contributed by atoms with van der Waals surface area (Å²) in [5, 5.41) is 0. The van der Waals surface area contributed by atoms with Crippen LogP contribution in [0.5, 0.6) is 0 Å². The van der Waals surface area contributed by atoms with E-state index in [1.54, 1.807) is 0 Å². The standard InChI is InChI=1S/C61H98O6/c1-4-7-10-13-16-19-22-25-28-30-31-32-34-36-39-42-45-48-51-54-60(63)66-57-58(56-65-59(62)53-50-47-44-41-38-35-27-24-21-18-15-12-9-6-3)67-61(64)55-52-49-46-43-40-37-33-29-26-23-20-17-14-11-8-5-2/h7,10,15-16,18-20,23-25,27-29,31-33,36,39,45,48,58H,4-6,8-9,11-14,17,21-22,26,30,34-35,37-38,40-44,46-47,49-57H2,1-3H3/b10-7-,18-15-,19-16-,23-20-,27-24-,28-25-,32-31-,33-29-,39-36-,48-45-. The molecule has 0 aromatic rings. The van der Waals surface area contributed by atoms with Crippen molar-refractivity contribution < 1.29 is 28.6 Å². The quantitative estimate of drug-likeness (QED) is 0.0262. The number of hydrogen-bond acceptors (Lipinski definition) is 6. The summed E-state index contributed by atoms with van der Waals surface area (Å²) in [6, 6.07) is 0. The summed E-state index contributed by atoms with van der Waals surface area (Å²) in [6.45, 7) is 6.36. The Bertz CT molecular complexity index is 1440. The van der Waals surface area contributed by atoms with Gasteiger partial charge in [0.2, 0.25) is 0 Å². The predicted octanol–water partition coefficient (Wildman–Crippen LogP) is 18.1. The molecule has 1 atom stereocenters. The molecule has 0 amide bonds. The van der Waals surface area contributed by atoms with Crippen molar-refractivity contribution >= 4 is 17.9 Å². The maximum absolute atomic E-state index is 12.8. The monoisotopic (exact) mass is 927 g/mol. The Kier molecular flexibility index (Phi) is 51.0. The second-order valence-electron chi connectivity index (χ2n) is 17.4. The Hall–Kier alpha value is -4.19. The van der Waals surface area contributed by atoms with Crippen LogP contribution in [0.3, 0.4) is 0 Å². The molecule has 67 heavy (non-hydrogen) atoms. The van der Waals surface area contributed by atoms with Crippen molar-refractivity contribution in [3.8, 4) is 0 Å². The van der Waals surface area contributed by atoms with Crippen molar-refractivity contribution in [3.05, 3.63) is 122 Å². The van der Waals surface area contributed by atoms with E-state index in [-0.39, 0.29) is 44.0 Å². The lowest BCUT2D eigenvalue weighted by Crippen LogP contribution is -2.30. The van der Waals surface area contributed by atoms with E-state index in [4.69, 9.17) is 14.2 Å². The lowest BCUT2D eigenvalue weighted by atomic mass is 10.1. The second-order valence-corrected chi connectivity index (χ2v) is 17.4. The summed E-state index contributed by atoms with van der Waals surface area (Å²) in [4.78, 5) is 38.0. The van der Waals surface area contributed by atoms with E-state index < -0.39 is 6.10 Å². The zero-order valence-corrected chi connectivity index (χ0v) is 43.1. The Morgan fingerprint density at radius 3 is 1.04 bits per heavy atom. The molecule has 0 heterocycles. The molecule has 0 aromatic carbocycles. The summed E-state index contributed by atoms with van der Waals surface area (Å²) in [7, 11) is 0. The van der Waals surface area contributed by atoms with E-state index in [0.717, 1.165) is 128 Å². The van der Waals surface area contributed by atoms with Gasteiger partial charge in [0, 0.05) is 19.3 Å². The van der Waals surface area contributed by atoms with Gasteiger partial charge in [0.25, 0.3) is 0 Å². The molecule has 0 aliphatic carbocycles. The molecular formula is C61H98O6. The molecule has 0 aliphatic rings. The highest BCUT2D eigenvalue weighted by Crippen LogP contribution is 2.12. The van der Waals surface area contributed by atoms with Crippen LogP contribution >= 0.6 is 0 Å². The summed E-state index contributed by atoms with van der Waals surface area (Å²) in [5.74, 6) is -1.04. The average molecular weight is 927 g/mol. The Labute approximate surface area is 412 Å². The van der Waals surface area contributed by atoms with Gasteiger partial charge < -0.3 is 14.2 Å². The fourth-order valence-corrected chi connectivity index (χ4v) is 6.87. The van der Waals surface area contributed by atoms with Crippen LogP contribution < -0.4 is 0 Å². The molecular weight excluding hydrogens is 829 g/mol. The van der Waals surface area contributed by atoms with Crippen molar-refractivity contribution in [3.63, 3.8) is 0 Å². The highest BCUT2D eigenvalue weighted by Gasteiger charge is 2.19. The summed E-state index contributed by atoms with van der Waals surface area (Å²) >= 11 is 0. The first kappa shape index (κ1) is 62.8. The van der Waals surface area contributed by atoms with Gasteiger partial charge in [0.15, 0.2) is 6.10 Å². The van der Waals surface area contributed by atoms with Gasteiger partial charge in [-0.1, -0.05) is 213 Å². The summed E-state index contributed by atoms with van der Waals surface area (Å²) in [6.07, 6.45) is 74.7. The summed E-state index contributed by atoms with van der Waals surface area (Å²) < 4.78 is 16.7. The van der Waals surface area contributed by atoms with E-state index in [0.29, 0.717) is 12.8 Å². The average Bonchev–Trinajstić information content (AvgIpc) is 3.33. The van der Waals surface area contributed by atoms with E-state index >= 15 is 0 Å². The van der Waals surface area contributed by atoms with Crippen molar-refractivity contribution in [2.75, 3.05) is 13.2 Å². The molecule has 6 nitrogen and oxygen atoms in total. The van der Waals surface area contributed by atoms with Crippen LogP contribution in [0.25, 0.3) is 0 Å². The smallest absolute Gasteiger partial charge is 0.306 e. The van der Waals surface area contributed by atoms with E-state index in [1.165, 1.54) is 51.4 Å². The van der Waals surface area contributed by atoms with E-state index in [1.807, 2.05) is 12.2 Å². The van der Waals surface area contributed by atoms with Crippen LogP contribution in [0.2, 0.25) is 0 Å². The maximum Gasteiger partial charge on any atom is 0.306 e. The first-order chi connectivity index (χ1) is 33.0. The molecule has 0 aromatic heterocycles. The first-order valence-electron chi connectivity index (χ1n) is 27.0. The molecule has 6 heteroatoms. The molecule has 0 fully saturated rings. The van der Waals surface area contributed by atoms with E-state index in [2.05, 4.69) is 130 Å². The molecule has 0 radical (unpaired) electrons. The van der Waals surface area contributed by atoms with Gasteiger partial charge in [0.05, 0.1) is 0 Å². The molecule has 0 saturated carbocycles. The fraction of sp³-hybridized carbons (Fsp3) is 0.623. The van der Waals surface area contributed by atoms with Gasteiger partial charge in [-0.15, -0.1) is 0 Å². The molecule has 0 spiro atoms. The SMILES string of the molecule is CC/C=C\C/C=C\C/C=C\C/C=C\C/C=C\C/C=C\CCC(=O)OCC(COC(=O)CCCCCCC/C=C\C/C=C\CCCC)OC(=O)CCCCCCC/C=C\C/C=C\CCCCCC. The number of rotatable bonds is 47. The molecule has 0 N–H and O–H groups in total. The van der Waals surface area contributed by atoms with E-state index in [9.17, 15) is 14.4 Å². The number of hydrogen-bond donors (Lipinski definition) is 0. The van der Waals surface area contributed by atoms with Crippen LogP contribution in [0.4, 0.5) is 0 Å². The number of carbonyl (C=O) groups excluding carboxylic acids is 3. The molecule has 0 aliphatic heterocycles. The first-order valence-corrected chi connectivity index (χ1v) is 27.0. The fourth-order valence-electron chi connectivity index (χ4n) is 6.87. The third-order valence-electron chi connectivity index (χ3n) is 10.9. The third-order valence-corrected chi connectivity index (χ3v) is 10.9. The Morgan fingerprint density at radius 1 is 0.313 bits per heavy atom. The van der Waals surface area contributed by atoms with Crippen LogP contribution in [-0.4, -0.2) is 37.2 Å². The lowest BCUT2D eigenvalue weighted by Gasteiger charge is -2.18. The lowest BCUT2D eigenvalue weighted by molar-refractivity contribution is -0.166. The minimum absolute atomic E-state index is 0.118. The van der Waals surface area contributed by atoms with Gasteiger partial charge in [-0.3, -0.25) is 14.4 Å². The predicted molar refractivity (Wildman–Crippen MR) is 288 cm³/mol. The maximum atomic E-state index is 12.8. The highest BCUT2D eigenvalue weighted by molar-refractivity contribution is 5.71. The molecule has 0 bridgehead atoms. The summed E-state index contributed by atoms with van der Waals surface area (Å²) in [5.41, 5.74) is 0. The number of ether oxygens (including phenoxy) is 3. The van der Waals surface area contributed by atoms with Gasteiger partial charge in [-0.05, 0) is 116 Å². The molecule has 1 unspecified atom stereocenters. The second kappa shape index (κ2) is 54.4. The Balaban J connectivity index is 4.57. The normalized spacial score (nSPS) is 13.1. The number of unbranched alkanes of at least 4 members (excludes halogenated alkanes) is 16. The van der Waals surface area contributed by atoms with Gasteiger partial charge in [-0.25, -0.2) is 0 Å². The van der Waals surface area contributed by atoms with Crippen molar-refractivity contribution in [2.24, 2.45) is 0 Å². The van der Waals surface area contributed by atoms with Crippen LogP contribution in [0, 0.1) is 0 Å². The van der Waals surface area contributed by atoms with Gasteiger partial charge in [0.1, 0.15) is 13.2 Å². The van der Waals surface area contributed by atoms with Crippen LogP contribution in [0.15, 0.2) is 122 Å². The van der Waals surface area contributed by atoms with Crippen molar-refractivity contribution in [1.29, 1.82) is 0 Å². The third kappa shape index (κ3) is 52.6. The topological polar surface area (TPSA) is 78.9 Å². The Morgan fingerprint density at radius 2 is 0.627 bits per heavy atom. The zero-order chi connectivity index (χ0) is 48.6. The van der Waals surface area contributed by atoms with Crippen LogP contribution in [0.1, 0.15) is 226 Å². The largest absolute Gasteiger partial charge is 0.462 e. The zero-order valence-electron chi connectivity index (χ0n) is 43.1.